The van der Waals surface area contributed by atoms with Crippen LogP contribution in [0.3, 0.4) is 0 Å². The van der Waals surface area contributed by atoms with Crippen molar-refractivity contribution in [1.82, 2.24) is 0 Å². The van der Waals surface area contributed by atoms with Crippen molar-refractivity contribution in [3.8, 4) is 12.3 Å². The highest BCUT2D eigenvalue weighted by atomic mass is 16.3. The Bertz CT molecular complexity index is 597. The summed E-state index contributed by atoms with van der Waals surface area (Å²) in [4.78, 5) is 11.8. The monoisotopic (exact) mass is 312 g/mol. The molecule has 0 radical (unpaired) electrons. The fraction of sp³-hybridized carbons (Fsp3) is 0.762. The second-order valence-corrected chi connectivity index (χ2v) is 8.40. The first-order valence-electron chi connectivity index (χ1n) is 9.45. The zero-order chi connectivity index (χ0) is 16.2. The van der Waals surface area contributed by atoms with Gasteiger partial charge in [-0.15, -0.1) is 6.42 Å². The molecule has 4 rings (SSSR count). The zero-order valence-electron chi connectivity index (χ0n) is 14.2. The largest absolute Gasteiger partial charge is 0.377 e. The number of allylic oxidation sites excluding steroid dienone is 2. The Morgan fingerprint density at radius 1 is 1.30 bits per heavy atom. The Labute approximate surface area is 139 Å². The van der Waals surface area contributed by atoms with E-state index >= 15 is 0 Å². The van der Waals surface area contributed by atoms with E-state index in [4.69, 9.17) is 6.42 Å². The van der Waals surface area contributed by atoms with E-state index in [2.05, 4.69) is 18.9 Å². The molecule has 0 aromatic rings. The van der Waals surface area contributed by atoms with E-state index in [0.29, 0.717) is 35.9 Å². The van der Waals surface area contributed by atoms with Crippen LogP contribution < -0.4 is 0 Å². The van der Waals surface area contributed by atoms with Gasteiger partial charge >= 0.3 is 0 Å². The molecule has 1 N–H and O–H groups in total. The van der Waals surface area contributed by atoms with Crippen LogP contribution in [0, 0.1) is 41.4 Å². The van der Waals surface area contributed by atoms with Crippen LogP contribution >= 0.6 is 0 Å². The van der Waals surface area contributed by atoms with Gasteiger partial charge < -0.3 is 5.11 Å². The quantitative estimate of drug-likeness (QED) is 0.589. The normalized spacial score (nSPS) is 48.7. The summed E-state index contributed by atoms with van der Waals surface area (Å²) < 4.78 is 0. The van der Waals surface area contributed by atoms with Gasteiger partial charge in [0.05, 0.1) is 0 Å². The highest BCUT2D eigenvalue weighted by molar-refractivity contribution is 5.82. The highest BCUT2D eigenvalue weighted by Gasteiger charge is 2.63. The number of aliphatic hydroxyl groups is 1. The van der Waals surface area contributed by atoms with Gasteiger partial charge in [0.1, 0.15) is 11.4 Å². The molecule has 0 amide bonds. The molecule has 124 valence electrons. The molecule has 3 saturated carbocycles. The van der Waals surface area contributed by atoms with Crippen LogP contribution in [0.1, 0.15) is 64.7 Å². The van der Waals surface area contributed by atoms with E-state index in [9.17, 15) is 9.90 Å². The fourth-order valence-electron chi connectivity index (χ4n) is 6.88. The average Bonchev–Trinajstić information content (AvgIpc) is 2.88. The number of terminal acetylenes is 1. The second kappa shape index (κ2) is 5.21. The molecular formula is C21H28O2. The number of ketones is 1. The van der Waals surface area contributed by atoms with Crippen molar-refractivity contribution in [2.45, 2.75) is 70.3 Å². The molecule has 23 heavy (non-hydrogen) atoms. The molecule has 2 nitrogen and oxygen atoms in total. The fourth-order valence-corrected chi connectivity index (χ4v) is 6.88. The summed E-state index contributed by atoms with van der Waals surface area (Å²) in [7, 11) is 0. The van der Waals surface area contributed by atoms with Gasteiger partial charge in [0.15, 0.2) is 0 Å². The van der Waals surface area contributed by atoms with Crippen molar-refractivity contribution in [1.29, 1.82) is 0 Å². The Morgan fingerprint density at radius 3 is 2.87 bits per heavy atom. The lowest BCUT2D eigenvalue weighted by Gasteiger charge is -2.55. The number of hydrogen-bond donors (Lipinski definition) is 1. The van der Waals surface area contributed by atoms with E-state index in [1.807, 2.05) is 0 Å². The molecule has 0 saturated heterocycles. The van der Waals surface area contributed by atoms with Crippen LogP contribution in [0.4, 0.5) is 0 Å². The summed E-state index contributed by atoms with van der Waals surface area (Å²) >= 11 is 0. The van der Waals surface area contributed by atoms with Gasteiger partial charge in [-0.25, -0.2) is 0 Å². The minimum absolute atomic E-state index is 0.0707. The van der Waals surface area contributed by atoms with Crippen molar-refractivity contribution in [3.63, 3.8) is 0 Å². The van der Waals surface area contributed by atoms with Gasteiger partial charge in [-0.2, -0.15) is 0 Å². The van der Waals surface area contributed by atoms with Gasteiger partial charge in [0, 0.05) is 18.3 Å². The minimum Gasteiger partial charge on any atom is -0.377 e. The number of carbonyl (C=O) groups is 1. The van der Waals surface area contributed by atoms with E-state index in [1.165, 1.54) is 12.0 Å². The van der Waals surface area contributed by atoms with E-state index in [1.54, 1.807) is 0 Å². The van der Waals surface area contributed by atoms with Crippen LogP contribution in [0.15, 0.2) is 11.6 Å². The molecule has 0 unspecified atom stereocenters. The Hall–Kier alpha value is -1.07. The number of carbonyl (C=O) groups excluding carboxylic acids is 1. The molecule has 0 aromatic heterocycles. The smallest absolute Gasteiger partial charge is 0.136 e. The predicted molar refractivity (Wildman–Crippen MR) is 90.5 cm³/mol. The maximum absolute atomic E-state index is 11.8. The summed E-state index contributed by atoms with van der Waals surface area (Å²) in [6, 6.07) is 0. The van der Waals surface area contributed by atoms with E-state index in [-0.39, 0.29) is 5.41 Å². The standard InChI is InChI=1S/C21H28O2/c1-3-20-11-9-17-16-8-6-15(22)13-14(16)5-7-18(17)19(20)10-12-21(20,23)4-2/h2,5,16-19,23H,3,6-13H2,1H3/t16-,17+,18+,19-,20-,21-/m0/s1. The van der Waals surface area contributed by atoms with E-state index in [0.717, 1.165) is 44.9 Å². The first-order chi connectivity index (χ1) is 11.0. The summed E-state index contributed by atoms with van der Waals surface area (Å²) in [5.41, 5.74) is 0.458. The Morgan fingerprint density at radius 2 is 2.13 bits per heavy atom. The molecular weight excluding hydrogens is 284 g/mol. The van der Waals surface area contributed by atoms with Gasteiger partial charge in [0.25, 0.3) is 0 Å². The summed E-state index contributed by atoms with van der Waals surface area (Å²) in [6.45, 7) is 2.21. The molecule has 0 aromatic carbocycles. The van der Waals surface area contributed by atoms with Crippen LogP contribution in [0.5, 0.6) is 0 Å². The number of Topliss-reactive ketones (excluding diaryl/α,β-unsaturated/α-hetero) is 1. The zero-order valence-corrected chi connectivity index (χ0v) is 14.2. The SMILES string of the molecule is C#C[C@]1(O)CC[C@H]2[C@@H]3CC=C4CC(=O)CC[C@@H]4[C@H]3CC[C@@]21CC. The first kappa shape index (κ1) is 15.5. The number of hydrogen-bond acceptors (Lipinski definition) is 2. The van der Waals surface area contributed by atoms with Crippen LogP contribution in [0.25, 0.3) is 0 Å². The lowest BCUT2D eigenvalue weighted by molar-refractivity contribution is -0.121. The highest BCUT2D eigenvalue weighted by Crippen LogP contribution is 2.65. The molecule has 2 heteroatoms. The third kappa shape index (κ3) is 1.96. The molecule has 0 heterocycles. The molecule has 0 spiro atoms. The third-order valence-electron chi connectivity index (χ3n) is 7.99. The first-order valence-corrected chi connectivity index (χ1v) is 9.45. The van der Waals surface area contributed by atoms with Crippen molar-refractivity contribution in [2.75, 3.05) is 0 Å². The van der Waals surface area contributed by atoms with Crippen molar-refractivity contribution < 1.29 is 9.90 Å². The van der Waals surface area contributed by atoms with Crippen molar-refractivity contribution in [2.24, 2.45) is 29.1 Å². The molecule has 6 atom stereocenters. The van der Waals surface area contributed by atoms with Crippen LogP contribution in [-0.4, -0.2) is 16.5 Å². The van der Waals surface area contributed by atoms with Gasteiger partial charge in [0.2, 0.25) is 0 Å². The number of fused-ring (bicyclic) bond motifs is 5. The van der Waals surface area contributed by atoms with Crippen LogP contribution in [0.2, 0.25) is 0 Å². The number of rotatable bonds is 1. The van der Waals surface area contributed by atoms with Gasteiger partial charge in [-0.05, 0) is 68.6 Å². The molecule has 0 aliphatic heterocycles. The van der Waals surface area contributed by atoms with E-state index < -0.39 is 5.60 Å². The second-order valence-electron chi connectivity index (χ2n) is 8.40. The Balaban J connectivity index is 1.68. The van der Waals surface area contributed by atoms with Crippen molar-refractivity contribution in [3.05, 3.63) is 11.6 Å². The predicted octanol–water partition coefficient (Wildman–Crippen LogP) is 3.88. The average molecular weight is 312 g/mol. The molecule has 4 aliphatic carbocycles. The summed E-state index contributed by atoms with van der Waals surface area (Å²) in [5.74, 6) is 5.77. The lowest BCUT2D eigenvalue weighted by Crippen LogP contribution is -2.53. The third-order valence-corrected chi connectivity index (χ3v) is 7.99. The molecule has 3 fully saturated rings. The lowest BCUT2D eigenvalue weighted by atomic mass is 9.50. The van der Waals surface area contributed by atoms with Crippen molar-refractivity contribution >= 4 is 5.78 Å². The van der Waals surface area contributed by atoms with Gasteiger partial charge in [-0.1, -0.05) is 24.5 Å². The maximum atomic E-state index is 11.8. The maximum Gasteiger partial charge on any atom is 0.136 e. The summed E-state index contributed by atoms with van der Waals surface area (Å²) in [5, 5.41) is 11.1. The molecule has 0 bridgehead atoms. The minimum atomic E-state index is -0.899. The Kier molecular flexibility index (Phi) is 3.50. The molecule has 4 aliphatic rings. The van der Waals surface area contributed by atoms with Crippen LogP contribution in [-0.2, 0) is 4.79 Å². The van der Waals surface area contributed by atoms with Gasteiger partial charge in [-0.3, -0.25) is 4.79 Å². The summed E-state index contributed by atoms with van der Waals surface area (Å²) in [6.07, 6.45) is 16.8. The topological polar surface area (TPSA) is 37.3 Å².